The van der Waals surface area contributed by atoms with Gasteiger partial charge in [-0.2, -0.15) is 5.10 Å². The van der Waals surface area contributed by atoms with Crippen molar-refractivity contribution < 1.29 is 0 Å². The molecule has 0 aliphatic rings. The molecule has 0 bridgehead atoms. The molecular formula is C16H9BrClN3. The average molecular weight is 359 g/mol. The SMILES string of the molecule is Clc1nc2c3ccccc3nn2c(Br)c1-c1ccccc1. The Bertz CT molecular complexity index is 964. The van der Waals surface area contributed by atoms with Gasteiger partial charge in [-0.05, 0) is 33.6 Å². The maximum atomic E-state index is 6.42. The van der Waals surface area contributed by atoms with Gasteiger partial charge in [0.15, 0.2) is 5.65 Å². The van der Waals surface area contributed by atoms with Crippen molar-refractivity contribution >= 4 is 44.1 Å². The standard InChI is InChI=1S/C16H9BrClN3/c17-14-13(10-6-2-1-3-7-10)15(18)19-16-11-8-4-5-9-12(11)20-21(14)16/h1-9H. The molecule has 5 heteroatoms. The summed E-state index contributed by atoms with van der Waals surface area (Å²) in [4.78, 5) is 4.54. The van der Waals surface area contributed by atoms with E-state index in [9.17, 15) is 0 Å². The summed E-state index contributed by atoms with van der Waals surface area (Å²) < 4.78 is 2.60. The van der Waals surface area contributed by atoms with Crippen molar-refractivity contribution in [2.24, 2.45) is 0 Å². The number of rotatable bonds is 1. The number of nitrogens with zero attached hydrogens (tertiary/aromatic N) is 3. The van der Waals surface area contributed by atoms with Gasteiger partial charge in [0.25, 0.3) is 0 Å². The second-order valence-electron chi connectivity index (χ2n) is 4.69. The fraction of sp³-hybridized carbons (Fsp3) is 0. The number of benzene rings is 2. The Labute approximate surface area is 134 Å². The van der Waals surface area contributed by atoms with Crippen LogP contribution in [0.3, 0.4) is 0 Å². The molecule has 3 nitrogen and oxygen atoms in total. The molecule has 0 atom stereocenters. The lowest BCUT2D eigenvalue weighted by molar-refractivity contribution is 0.933. The average Bonchev–Trinajstić information content (AvgIpc) is 2.88. The van der Waals surface area contributed by atoms with Gasteiger partial charge in [0.2, 0.25) is 0 Å². The van der Waals surface area contributed by atoms with Crippen LogP contribution >= 0.6 is 27.5 Å². The van der Waals surface area contributed by atoms with Gasteiger partial charge in [0, 0.05) is 5.39 Å². The fourth-order valence-electron chi connectivity index (χ4n) is 2.45. The number of fused-ring (bicyclic) bond motifs is 3. The lowest BCUT2D eigenvalue weighted by Gasteiger charge is -2.08. The summed E-state index contributed by atoms with van der Waals surface area (Å²) in [5.41, 5.74) is 3.50. The topological polar surface area (TPSA) is 30.2 Å². The van der Waals surface area contributed by atoms with Crippen molar-refractivity contribution in [1.82, 2.24) is 14.6 Å². The minimum absolute atomic E-state index is 0.464. The third-order valence-corrected chi connectivity index (χ3v) is 4.42. The zero-order valence-corrected chi connectivity index (χ0v) is 13.1. The largest absolute Gasteiger partial charge is 0.215 e. The van der Waals surface area contributed by atoms with Gasteiger partial charge in [-0.3, -0.25) is 0 Å². The molecule has 0 N–H and O–H groups in total. The quantitative estimate of drug-likeness (QED) is 0.450. The molecule has 0 amide bonds. The molecule has 2 aromatic heterocycles. The van der Waals surface area contributed by atoms with Crippen molar-refractivity contribution in [3.05, 3.63) is 64.4 Å². The third-order valence-electron chi connectivity index (χ3n) is 3.42. The van der Waals surface area contributed by atoms with E-state index in [1.54, 1.807) is 4.52 Å². The summed E-state index contributed by atoms with van der Waals surface area (Å²) in [5, 5.41) is 6.04. The van der Waals surface area contributed by atoms with Crippen LogP contribution in [0.15, 0.2) is 59.2 Å². The first kappa shape index (κ1) is 12.8. The van der Waals surface area contributed by atoms with Gasteiger partial charge in [-0.1, -0.05) is 54.1 Å². The van der Waals surface area contributed by atoms with Crippen LogP contribution in [0, 0.1) is 0 Å². The Morgan fingerprint density at radius 3 is 2.48 bits per heavy atom. The van der Waals surface area contributed by atoms with Crippen LogP contribution in [0.4, 0.5) is 0 Å². The van der Waals surface area contributed by atoms with Crippen LogP contribution < -0.4 is 0 Å². The molecule has 0 saturated carbocycles. The summed E-state index contributed by atoms with van der Waals surface area (Å²) in [6.07, 6.45) is 0. The smallest absolute Gasteiger partial charge is 0.165 e. The lowest BCUT2D eigenvalue weighted by atomic mass is 10.1. The van der Waals surface area contributed by atoms with Crippen LogP contribution in [0.1, 0.15) is 0 Å². The monoisotopic (exact) mass is 357 g/mol. The van der Waals surface area contributed by atoms with Crippen LogP contribution in [0.25, 0.3) is 27.7 Å². The molecular weight excluding hydrogens is 350 g/mol. The van der Waals surface area contributed by atoms with Gasteiger partial charge in [-0.25, -0.2) is 9.50 Å². The molecule has 0 unspecified atom stereocenters. The van der Waals surface area contributed by atoms with Gasteiger partial charge < -0.3 is 0 Å². The molecule has 0 saturated heterocycles. The maximum Gasteiger partial charge on any atom is 0.165 e. The summed E-state index contributed by atoms with van der Waals surface area (Å²) in [5.74, 6) is 0. The summed E-state index contributed by atoms with van der Waals surface area (Å²) in [6, 6.07) is 17.8. The van der Waals surface area contributed by atoms with E-state index in [1.807, 2.05) is 54.6 Å². The van der Waals surface area contributed by atoms with Gasteiger partial charge in [0.1, 0.15) is 9.76 Å². The van der Waals surface area contributed by atoms with Gasteiger partial charge in [0.05, 0.1) is 11.1 Å². The van der Waals surface area contributed by atoms with Crippen LogP contribution in [-0.2, 0) is 0 Å². The molecule has 2 aromatic carbocycles. The molecule has 0 fully saturated rings. The molecule has 0 radical (unpaired) electrons. The molecule has 0 aliphatic heterocycles. The first-order valence-corrected chi connectivity index (χ1v) is 7.60. The Morgan fingerprint density at radius 1 is 0.952 bits per heavy atom. The van der Waals surface area contributed by atoms with E-state index in [1.165, 1.54) is 0 Å². The Hall–Kier alpha value is -1.91. The van der Waals surface area contributed by atoms with Gasteiger partial charge >= 0.3 is 0 Å². The second kappa shape index (κ2) is 4.83. The van der Waals surface area contributed by atoms with E-state index in [0.717, 1.165) is 32.3 Å². The van der Waals surface area contributed by atoms with Crippen molar-refractivity contribution in [2.75, 3.05) is 0 Å². The second-order valence-corrected chi connectivity index (χ2v) is 5.80. The zero-order chi connectivity index (χ0) is 14.4. The fourth-order valence-corrected chi connectivity index (χ4v) is 3.50. The van der Waals surface area contributed by atoms with Crippen molar-refractivity contribution in [3.63, 3.8) is 0 Å². The minimum Gasteiger partial charge on any atom is -0.215 e. The summed E-state index contributed by atoms with van der Waals surface area (Å²) >= 11 is 10.0. The highest BCUT2D eigenvalue weighted by molar-refractivity contribution is 9.10. The molecule has 4 rings (SSSR count). The Balaban J connectivity index is 2.13. The zero-order valence-electron chi connectivity index (χ0n) is 10.8. The van der Waals surface area contributed by atoms with E-state index in [2.05, 4.69) is 26.0 Å². The summed E-state index contributed by atoms with van der Waals surface area (Å²) in [7, 11) is 0. The highest BCUT2D eigenvalue weighted by Gasteiger charge is 2.17. The van der Waals surface area contributed by atoms with Crippen molar-refractivity contribution in [2.45, 2.75) is 0 Å². The molecule has 102 valence electrons. The van der Waals surface area contributed by atoms with E-state index in [0.29, 0.717) is 5.15 Å². The van der Waals surface area contributed by atoms with Crippen LogP contribution in [0.2, 0.25) is 5.15 Å². The highest BCUT2D eigenvalue weighted by atomic mass is 79.9. The summed E-state index contributed by atoms with van der Waals surface area (Å²) in [6.45, 7) is 0. The molecule has 2 heterocycles. The van der Waals surface area contributed by atoms with E-state index in [4.69, 9.17) is 11.6 Å². The third kappa shape index (κ3) is 1.94. The maximum absolute atomic E-state index is 6.42. The Morgan fingerprint density at radius 2 is 1.67 bits per heavy atom. The number of hydrogen-bond donors (Lipinski definition) is 0. The molecule has 0 spiro atoms. The van der Waals surface area contributed by atoms with Crippen molar-refractivity contribution in [1.29, 1.82) is 0 Å². The predicted molar refractivity (Wildman–Crippen MR) is 88.6 cm³/mol. The van der Waals surface area contributed by atoms with Crippen molar-refractivity contribution in [3.8, 4) is 11.1 Å². The van der Waals surface area contributed by atoms with E-state index < -0.39 is 0 Å². The van der Waals surface area contributed by atoms with Crippen LogP contribution in [-0.4, -0.2) is 14.6 Å². The molecule has 4 aromatic rings. The molecule has 0 aliphatic carbocycles. The number of hydrogen-bond acceptors (Lipinski definition) is 2. The highest BCUT2D eigenvalue weighted by Crippen LogP contribution is 2.35. The Kier molecular flexibility index (Phi) is 2.94. The molecule has 21 heavy (non-hydrogen) atoms. The normalized spacial score (nSPS) is 11.3. The first-order valence-electron chi connectivity index (χ1n) is 6.43. The van der Waals surface area contributed by atoms with Gasteiger partial charge in [-0.15, -0.1) is 0 Å². The van der Waals surface area contributed by atoms with E-state index in [-0.39, 0.29) is 0 Å². The number of aromatic nitrogens is 3. The number of halogens is 2. The lowest BCUT2D eigenvalue weighted by Crippen LogP contribution is -1.97. The minimum atomic E-state index is 0.464. The predicted octanol–water partition coefficient (Wildman–Crippen LogP) is 4.97. The van der Waals surface area contributed by atoms with E-state index >= 15 is 0 Å². The first-order chi connectivity index (χ1) is 10.3. The van der Waals surface area contributed by atoms with Crippen LogP contribution in [0.5, 0.6) is 0 Å².